The molecule has 1 aliphatic heterocycles. The molecule has 0 radical (unpaired) electrons. The number of piperidine rings is 1. The molecule has 0 aromatic heterocycles. The third kappa shape index (κ3) is 4.22. The van der Waals surface area contributed by atoms with E-state index in [1.165, 1.54) is 12.1 Å². The van der Waals surface area contributed by atoms with Gasteiger partial charge < -0.3 is 5.11 Å². The molecule has 134 valence electrons. The molecule has 2 nitrogen and oxygen atoms in total. The van der Waals surface area contributed by atoms with Crippen LogP contribution in [0.2, 0.25) is 0 Å². The molecule has 0 saturated carbocycles. The smallest absolute Gasteiger partial charge is 0.129 e. The van der Waals surface area contributed by atoms with Gasteiger partial charge in [0.25, 0.3) is 0 Å². The van der Waals surface area contributed by atoms with Gasteiger partial charge in [0.2, 0.25) is 0 Å². The summed E-state index contributed by atoms with van der Waals surface area (Å²) in [4.78, 5) is 1.87. The highest BCUT2D eigenvalue weighted by molar-refractivity contribution is 5.63. The molecule has 0 amide bonds. The maximum atomic E-state index is 14.4. The second-order valence-corrected chi connectivity index (χ2v) is 6.56. The first kappa shape index (κ1) is 18.0. The second-order valence-electron chi connectivity index (χ2n) is 6.56. The number of rotatable bonds is 5. The summed E-state index contributed by atoms with van der Waals surface area (Å²) in [6.45, 7) is 0.357. The zero-order valence-corrected chi connectivity index (χ0v) is 14.0. The molecule has 0 spiro atoms. The number of benzene rings is 2. The lowest BCUT2D eigenvalue weighted by Crippen LogP contribution is -2.46. The number of nitrogens with zero attached hydrogens (tertiary/aromatic N) is 1. The van der Waals surface area contributed by atoms with Gasteiger partial charge in [-0.3, -0.25) is 4.90 Å². The molecule has 2 unspecified atom stereocenters. The van der Waals surface area contributed by atoms with Crippen molar-refractivity contribution in [2.24, 2.45) is 0 Å². The molecule has 2 aromatic carbocycles. The summed E-state index contributed by atoms with van der Waals surface area (Å²) in [5, 5.41) is 9.63. The highest BCUT2D eigenvalue weighted by Gasteiger charge is 2.27. The average molecular weight is 349 g/mol. The van der Waals surface area contributed by atoms with Gasteiger partial charge in [-0.05, 0) is 42.5 Å². The number of aliphatic hydroxyl groups is 1. The van der Waals surface area contributed by atoms with Crippen molar-refractivity contribution in [3.63, 3.8) is 0 Å². The molecule has 0 aliphatic carbocycles. The molecular formula is C20H22F3NO. The minimum absolute atomic E-state index is 0.0309. The van der Waals surface area contributed by atoms with Crippen molar-refractivity contribution in [3.8, 4) is 11.1 Å². The Morgan fingerprint density at radius 2 is 1.72 bits per heavy atom. The number of hydrogen-bond acceptors (Lipinski definition) is 2. The van der Waals surface area contributed by atoms with Crippen LogP contribution in [0.1, 0.15) is 18.4 Å². The summed E-state index contributed by atoms with van der Waals surface area (Å²) in [6, 6.07) is 11.4. The van der Waals surface area contributed by atoms with Gasteiger partial charge in [-0.2, -0.15) is 0 Å². The van der Waals surface area contributed by atoms with Crippen LogP contribution in [0.4, 0.5) is 13.2 Å². The standard InChI is InChI=1S/C20H22F3NO/c21-13-16-12-17(25)6-8-24(16)9-7-18-19(22)10-15(11-20(18)23)14-4-2-1-3-5-14/h1-5,10-11,16-17,25H,6-9,12-13H2. The van der Waals surface area contributed by atoms with E-state index >= 15 is 0 Å². The molecule has 2 atom stereocenters. The van der Waals surface area contributed by atoms with Gasteiger partial charge in [0.15, 0.2) is 0 Å². The van der Waals surface area contributed by atoms with Gasteiger partial charge in [0.1, 0.15) is 18.3 Å². The number of likely N-dealkylation sites (tertiary alicyclic amines) is 1. The molecule has 2 aromatic rings. The van der Waals surface area contributed by atoms with E-state index in [2.05, 4.69) is 0 Å². The zero-order chi connectivity index (χ0) is 17.8. The van der Waals surface area contributed by atoms with E-state index in [4.69, 9.17) is 0 Å². The first-order valence-electron chi connectivity index (χ1n) is 8.60. The van der Waals surface area contributed by atoms with Crippen molar-refractivity contribution in [2.45, 2.75) is 31.4 Å². The largest absolute Gasteiger partial charge is 0.393 e. The van der Waals surface area contributed by atoms with Gasteiger partial charge >= 0.3 is 0 Å². The third-order valence-electron chi connectivity index (χ3n) is 4.89. The van der Waals surface area contributed by atoms with Crippen molar-refractivity contribution in [2.75, 3.05) is 19.8 Å². The fraction of sp³-hybridized carbons (Fsp3) is 0.400. The SMILES string of the molecule is OC1CCN(CCc2c(F)cc(-c3ccccc3)cc2F)C(CF)C1. The van der Waals surface area contributed by atoms with Crippen LogP contribution < -0.4 is 0 Å². The van der Waals surface area contributed by atoms with Crippen molar-refractivity contribution in [1.29, 1.82) is 0 Å². The highest BCUT2D eigenvalue weighted by Crippen LogP contribution is 2.25. The van der Waals surface area contributed by atoms with E-state index in [0.717, 1.165) is 5.56 Å². The lowest BCUT2D eigenvalue weighted by Gasteiger charge is -2.36. The Kier molecular flexibility index (Phi) is 5.76. The van der Waals surface area contributed by atoms with Crippen molar-refractivity contribution < 1.29 is 18.3 Å². The summed E-state index contributed by atoms with van der Waals surface area (Å²) in [5.74, 6) is -1.15. The monoisotopic (exact) mass is 349 g/mol. The second kappa shape index (κ2) is 8.02. The zero-order valence-electron chi connectivity index (χ0n) is 14.0. The van der Waals surface area contributed by atoms with Crippen LogP contribution in [0.25, 0.3) is 11.1 Å². The van der Waals surface area contributed by atoms with Gasteiger partial charge in [0, 0.05) is 24.7 Å². The van der Waals surface area contributed by atoms with Gasteiger partial charge in [0.05, 0.1) is 6.10 Å². The van der Waals surface area contributed by atoms with Crippen LogP contribution in [0.15, 0.2) is 42.5 Å². The molecule has 1 saturated heterocycles. The predicted molar refractivity (Wildman–Crippen MR) is 92.1 cm³/mol. The Morgan fingerprint density at radius 1 is 1.04 bits per heavy atom. The van der Waals surface area contributed by atoms with Crippen LogP contribution >= 0.6 is 0 Å². The molecule has 1 N–H and O–H groups in total. The number of hydrogen-bond donors (Lipinski definition) is 1. The maximum absolute atomic E-state index is 14.4. The van der Waals surface area contributed by atoms with Crippen molar-refractivity contribution >= 4 is 0 Å². The molecule has 3 rings (SSSR count). The Hall–Kier alpha value is -1.85. The van der Waals surface area contributed by atoms with E-state index in [1.54, 1.807) is 12.1 Å². The quantitative estimate of drug-likeness (QED) is 0.883. The number of aliphatic hydroxyl groups excluding tert-OH is 1. The molecule has 5 heteroatoms. The minimum Gasteiger partial charge on any atom is -0.393 e. The number of halogens is 3. The highest BCUT2D eigenvalue weighted by atomic mass is 19.1. The first-order chi connectivity index (χ1) is 12.1. The summed E-state index contributed by atoms with van der Waals surface area (Å²) in [7, 11) is 0. The molecular weight excluding hydrogens is 327 g/mol. The average Bonchev–Trinajstić information content (AvgIpc) is 2.62. The summed E-state index contributed by atoms with van der Waals surface area (Å²) < 4.78 is 42.0. The molecule has 1 aliphatic rings. The normalized spacial score (nSPS) is 21.4. The molecule has 1 heterocycles. The van der Waals surface area contributed by atoms with Gasteiger partial charge in [-0.1, -0.05) is 30.3 Å². The van der Waals surface area contributed by atoms with E-state index in [1.807, 2.05) is 23.1 Å². The molecule has 1 fully saturated rings. The van der Waals surface area contributed by atoms with Crippen LogP contribution in [0, 0.1) is 11.6 Å². The number of alkyl halides is 1. The summed E-state index contributed by atoms with van der Waals surface area (Å²) in [6.07, 6.45) is 0.623. The lowest BCUT2D eigenvalue weighted by atomic mass is 9.98. The first-order valence-corrected chi connectivity index (χ1v) is 8.60. The van der Waals surface area contributed by atoms with E-state index in [0.29, 0.717) is 31.5 Å². The Bertz CT molecular complexity index is 684. The van der Waals surface area contributed by atoms with Gasteiger partial charge in [-0.25, -0.2) is 13.2 Å². The van der Waals surface area contributed by atoms with Gasteiger partial charge in [-0.15, -0.1) is 0 Å². The molecule has 0 bridgehead atoms. The fourth-order valence-corrected chi connectivity index (χ4v) is 3.43. The summed E-state index contributed by atoms with van der Waals surface area (Å²) in [5.41, 5.74) is 1.29. The topological polar surface area (TPSA) is 23.5 Å². The predicted octanol–water partition coefficient (Wildman–Crippen LogP) is 3.97. The lowest BCUT2D eigenvalue weighted by molar-refractivity contribution is 0.0320. The van der Waals surface area contributed by atoms with E-state index in [9.17, 15) is 18.3 Å². The summed E-state index contributed by atoms with van der Waals surface area (Å²) >= 11 is 0. The van der Waals surface area contributed by atoms with E-state index in [-0.39, 0.29) is 18.0 Å². The third-order valence-corrected chi connectivity index (χ3v) is 4.89. The van der Waals surface area contributed by atoms with Crippen LogP contribution in [0.5, 0.6) is 0 Å². The van der Waals surface area contributed by atoms with Crippen molar-refractivity contribution in [3.05, 3.63) is 59.7 Å². The fourth-order valence-electron chi connectivity index (χ4n) is 3.43. The van der Waals surface area contributed by atoms with Crippen LogP contribution in [-0.2, 0) is 6.42 Å². The Balaban J connectivity index is 1.73. The Labute approximate surface area is 145 Å². The Morgan fingerprint density at radius 3 is 2.36 bits per heavy atom. The maximum Gasteiger partial charge on any atom is 0.129 e. The van der Waals surface area contributed by atoms with Crippen LogP contribution in [-0.4, -0.2) is 41.9 Å². The molecule has 25 heavy (non-hydrogen) atoms. The minimum atomic E-state index is -0.576. The van der Waals surface area contributed by atoms with Crippen molar-refractivity contribution in [1.82, 2.24) is 4.90 Å². The van der Waals surface area contributed by atoms with E-state index < -0.39 is 24.4 Å². The van der Waals surface area contributed by atoms with Crippen LogP contribution in [0.3, 0.4) is 0 Å².